The predicted octanol–water partition coefficient (Wildman–Crippen LogP) is 6.81. The zero-order chi connectivity index (χ0) is 25.2. The highest BCUT2D eigenvalue weighted by molar-refractivity contribution is 4.50. The normalized spacial score (nSPS) is 10.6. The molecule has 0 saturated heterocycles. The molecule has 0 rings (SSSR count). The molecule has 0 bridgehead atoms. The Labute approximate surface area is 210 Å². The molecule has 0 unspecified atom stereocenters. The van der Waals surface area contributed by atoms with Gasteiger partial charge in [0.1, 0.15) is 0 Å². The lowest BCUT2D eigenvalue weighted by Crippen LogP contribution is -2.02. The molecule has 8 heteroatoms. The molecule has 8 nitrogen and oxygen atoms in total. The van der Waals surface area contributed by atoms with Crippen molar-refractivity contribution in [3.8, 4) is 0 Å². The lowest BCUT2D eigenvalue weighted by molar-refractivity contribution is 0.0858. The maximum Gasteiger partial charge on any atom is 0.0487 e. The lowest BCUT2D eigenvalue weighted by Gasteiger charge is -2.04. The molecule has 0 aliphatic rings. The Hall–Kier alpha value is -0.890. The molecular weight excluding hydrogens is 432 g/mol. The molecule has 0 heterocycles. The zero-order valence-corrected chi connectivity index (χ0v) is 22.5. The largest absolute Gasteiger partial charge is 0.382 e. The van der Waals surface area contributed by atoms with Crippen molar-refractivity contribution in [3.05, 3.63) is 10.4 Å². The Balaban J connectivity index is 0. The third-order valence-electron chi connectivity index (χ3n) is 5.17. The number of rotatable bonds is 27. The molecule has 0 atom stereocenters. The summed E-state index contributed by atoms with van der Waals surface area (Å²) in [5.74, 6) is 0. The molecule has 0 fully saturated rings. The first-order valence-corrected chi connectivity index (χ1v) is 13.8. The van der Waals surface area contributed by atoms with Gasteiger partial charge in [0.25, 0.3) is 0 Å². The maximum atomic E-state index is 8.09. The molecule has 0 aromatic heterocycles. The predicted molar refractivity (Wildman–Crippen MR) is 142 cm³/mol. The number of hydrogen-bond acceptors (Lipinski definition) is 6. The van der Waals surface area contributed by atoms with Crippen LogP contribution in [0.2, 0.25) is 0 Å². The molecule has 34 heavy (non-hydrogen) atoms. The fraction of sp³-hybridized carbons (Fsp3) is 1.00. The Morgan fingerprint density at radius 2 is 0.912 bits per heavy atom. The molecule has 0 radical (unpaired) electrons. The third kappa shape index (κ3) is 38.4. The van der Waals surface area contributed by atoms with Crippen LogP contribution in [0.1, 0.15) is 104 Å². The van der Waals surface area contributed by atoms with Crippen LogP contribution in [0.5, 0.6) is 0 Å². The Morgan fingerprint density at radius 3 is 1.35 bits per heavy atom. The summed E-state index contributed by atoms with van der Waals surface area (Å²) in [5, 5.41) is 3.51. The van der Waals surface area contributed by atoms with Gasteiger partial charge in [-0.25, -0.2) is 0 Å². The minimum Gasteiger partial charge on any atom is -0.382 e. The van der Waals surface area contributed by atoms with Crippen molar-refractivity contribution < 1.29 is 18.9 Å². The van der Waals surface area contributed by atoms with Crippen molar-refractivity contribution in [2.24, 2.45) is 10.8 Å². The lowest BCUT2D eigenvalue weighted by atomic mass is 10.1. The summed E-state index contributed by atoms with van der Waals surface area (Å²) >= 11 is 0. The summed E-state index contributed by atoms with van der Waals surface area (Å²) < 4.78 is 21.5. The summed E-state index contributed by atoms with van der Waals surface area (Å²) in [5.41, 5.74) is 13.5. The van der Waals surface area contributed by atoms with Crippen molar-refractivity contribution >= 4 is 0 Å². The van der Waals surface area contributed by atoms with E-state index in [1.807, 2.05) is 13.8 Å². The molecule has 0 spiro atoms. The van der Waals surface area contributed by atoms with Gasteiger partial charge in [-0.05, 0) is 64.4 Å². The van der Waals surface area contributed by atoms with Crippen LogP contribution in [0, 0.1) is 0 Å². The first-order valence-electron chi connectivity index (χ1n) is 13.8. The van der Waals surface area contributed by atoms with Crippen LogP contribution in [0.4, 0.5) is 0 Å². The summed E-state index contributed by atoms with van der Waals surface area (Å²) in [4.78, 5) is 2.73. The highest BCUT2D eigenvalue weighted by atomic mass is 16.5. The van der Waals surface area contributed by atoms with Gasteiger partial charge in [-0.15, -0.1) is 0 Å². The molecule has 0 saturated carbocycles. The molecule has 0 amide bonds. The van der Waals surface area contributed by atoms with Crippen LogP contribution < -0.4 is 5.73 Å². The molecule has 0 aliphatic carbocycles. The highest BCUT2D eigenvalue weighted by Gasteiger charge is 1.94. The van der Waals surface area contributed by atoms with E-state index in [9.17, 15) is 0 Å². The van der Waals surface area contributed by atoms with E-state index in [-0.39, 0.29) is 0 Å². The Morgan fingerprint density at radius 1 is 0.529 bits per heavy atom. The van der Waals surface area contributed by atoms with E-state index in [4.69, 9.17) is 30.2 Å². The first kappa shape index (κ1) is 35.3. The smallest absolute Gasteiger partial charge is 0.0487 e. The maximum absolute atomic E-state index is 8.09. The quantitative estimate of drug-likeness (QED) is 0.0590. The minimum atomic E-state index is 0.638. The number of hydrogen-bond donors (Lipinski definition) is 1. The van der Waals surface area contributed by atoms with Gasteiger partial charge in [0.15, 0.2) is 0 Å². The van der Waals surface area contributed by atoms with Gasteiger partial charge >= 0.3 is 0 Å². The average Bonchev–Trinajstić information content (AvgIpc) is 2.85. The van der Waals surface area contributed by atoms with Crippen molar-refractivity contribution in [3.63, 3.8) is 0 Å². The molecule has 2 N–H and O–H groups in total. The number of nitrogens with two attached hydrogens (primary N) is 1. The Kier molecular flexibility index (Phi) is 38.0. The van der Waals surface area contributed by atoms with E-state index >= 15 is 0 Å². The van der Waals surface area contributed by atoms with Crippen LogP contribution in [-0.2, 0) is 18.9 Å². The molecular formula is C26H56N4O4. The third-order valence-corrected chi connectivity index (χ3v) is 5.17. The van der Waals surface area contributed by atoms with E-state index in [0.717, 1.165) is 91.5 Å². The zero-order valence-electron chi connectivity index (χ0n) is 22.5. The van der Waals surface area contributed by atoms with E-state index in [0.29, 0.717) is 6.54 Å². The molecule has 0 aromatic rings. The highest BCUT2D eigenvalue weighted by Crippen LogP contribution is 2.06. The summed E-state index contributed by atoms with van der Waals surface area (Å²) in [6.45, 7) is 12.2. The van der Waals surface area contributed by atoms with Crippen LogP contribution in [0.3, 0.4) is 0 Å². The van der Waals surface area contributed by atoms with Crippen molar-refractivity contribution in [2.75, 3.05) is 65.9 Å². The minimum absolute atomic E-state index is 0.638. The second kappa shape index (κ2) is 36.7. The van der Waals surface area contributed by atoms with Gasteiger partial charge < -0.3 is 24.7 Å². The standard InChI is InChI=1S/C13H27N3O2.C13H29NO2/c1-2-17-12-9-13-18-11-8-6-4-3-5-7-10-15-16-14;1-2-15-12-9-13-16-11-8-6-4-3-5-7-10-14/h2-13H2,1H3;2-14H2,1H3. The van der Waals surface area contributed by atoms with Crippen LogP contribution in [-0.4, -0.2) is 65.9 Å². The van der Waals surface area contributed by atoms with E-state index in [2.05, 4.69) is 10.0 Å². The van der Waals surface area contributed by atoms with Crippen LogP contribution in [0.15, 0.2) is 5.11 Å². The SMILES string of the molecule is CCOCCCOCCCCCCCCN.CCOCCCOCCCCCCCCN=[N+]=[N-]. The second-order valence-corrected chi connectivity index (χ2v) is 8.31. The first-order chi connectivity index (χ1) is 16.8. The van der Waals surface area contributed by atoms with Gasteiger partial charge in [0, 0.05) is 64.3 Å². The molecule has 204 valence electrons. The van der Waals surface area contributed by atoms with Crippen molar-refractivity contribution in [2.45, 2.75) is 104 Å². The number of ether oxygens (including phenoxy) is 4. The van der Waals surface area contributed by atoms with Crippen LogP contribution >= 0.6 is 0 Å². The van der Waals surface area contributed by atoms with Crippen molar-refractivity contribution in [1.29, 1.82) is 0 Å². The van der Waals surface area contributed by atoms with Gasteiger partial charge in [-0.2, -0.15) is 0 Å². The van der Waals surface area contributed by atoms with E-state index in [1.165, 1.54) is 57.8 Å². The number of nitrogens with zero attached hydrogens (tertiary/aromatic N) is 3. The van der Waals surface area contributed by atoms with Crippen LogP contribution in [0.25, 0.3) is 10.4 Å². The fourth-order valence-electron chi connectivity index (χ4n) is 3.21. The van der Waals surface area contributed by atoms with E-state index in [1.54, 1.807) is 0 Å². The second-order valence-electron chi connectivity index (χ2n) is 8.31. The van der Waals surface area contributed by atoms with Gasteiger partial charge in [-0.3, -0.25) is 0 Å². The topological polar surface area (TPSA) is 112 Å². The Bertz CT molecular complexity index is 383. The number of unbranched alkanes of at least 4 members (excludes halogenated alkanes) is 10. The van der Waals surface area contributed by atoms with Gasteiger partial charge in [0.05, 0.1) is 0 Å². The van der Waals surface area contributed by atoms with Crippen molar-refractivity contribution in [1.82, 2.24) is 0 Å². The number of azide groups is 1. The van der Waals surface area contributed by atoms with E-state index < -0.39 is 0 Å². The van der Waals surface area contributed by atoms with Gasteiger partial charge in [-0.1, -0.05) is 56.5 Å². The average molecular weight is 489 g/mol. The fourth-order valence-corrected chi connectivity index (χ4v) is 3.21. The van der Waals surface area contributed by atoms with Gasteiger partial charge in [0.2, 0.25) is 0 Å². The monoisotopic (exact) mass is 488 g/mol. The summed E-state index contributed by atoms with van der Waals surface area (Å²) in [6.07, 6.45) is 16.6. The summed E-state index contributed by atoms with van der Waals surface area (Å²) in [7, 11) is 0. The molecule has 0 aliphatic heterocycles. The summed E-state index contributed by atoms with van der Waals surface area (Å²) in [6, 6.07) is 0. The molecule has 0 aromatic carbocycles.